The van der Waals surface area contributed by atoms with Gasteiger partial charge in [0.1, 0.15) is 5.69 Å². The molecule has 2 heterocycles. The summed E-state index contributed by atoms with van der Waals surface area (Å²) < 4.78 is 1.40. The maximum absolute atomic E-state index is 11.5. The first-order chi connectivity index (χ1) is 8.10. The van der Waals surface area contributed by atoms with Gasteiger partial charge in [0.05, 0.1) is 6.54 Å². The molecule has 2 aromatic heterocycles. The van der Waals surface area contributed by atoms with Gasteiger partial charge in [0.15, 0.2) is 0 Å². The second-order valence-corrected chi connectivity index (χ2v) is 4.95. The molecule has 0 saturated carbocycles. The fourth-order valence-corrected chi connectivity index (χ4v) is 2.47. The fourth-order valence-electron chi connectivity index (χ4n) is 1.51. The molecule has 5 nitrogen and oxygen atoms in total. The van der Waals surface area contributed by atoms with E-state index in [9.17, 15) is 9.59 Å². The van der Waals surface area contributed by atoms with Gasteiger partial charge in [-0.1, -0.05) is 6.92 Å². The monoisotopic (exact) mass is 251 g/mol. The van der Waals surface area contributed by atoms with Crippen LogP contribution in [0.15, 0.2) is 27.9 Å². The Hall–Kier alpha value is -1.82. The van der Waals surface area contributed by atoms with Crippen LogP contribution in [0.5, 0.6) is 0 Å². The zero-order valence-electron chi connectivity index (χ0n) is 9.40. The van der Waals surface area contributed by atoms with E-state index in [1.54, 1.807) is 11.3 Å². The average molecular weight is 251 g/mol. The number of aryl methyl sites for hydroxylation is 1. The minimum atomic E-state index is -0.535. The third kappa shape index (κ3) is 2.47. The van der Waals surface area contributed by atoms with Gasteiger partial charge in [-0.25, -0.2) is 4.79 Å². The summed E-state index contributed by atoms with van der Waals surface area (Å²) >= 11 is 1.65. The second kappa shape index (κ2) is 4.58. The van der Waals surface area contributed by atoms with Gasteiger partial charge >= 0.3 is 5.69 Å². The van der Waals surface area contributed by atoms with Crippen LogP contribution in [0.2, 0.25) is 0 Å². The first-order valence-corrected chi connectivity index (χ1v) is 6.08. The van der Waals surface area contributed by atoms with Crippen LogP contribution in [-0.2, 0) is 13.0 Å². The molecule has 0 aliphatic rings. The summed E-state index contributed by atoms with van der Waals surface area (Å²) in [4.78, 5) is 27.1. The van der Waals surface area contributed by atoms with Crippen LogP contribution in [-0.4, -0.2) is 9.55 Å². The van der Waals surface area contributed by atoms with E-state index in [2.05, 4.69) is 11.9 Å². The quantitative estimate of drug-likeness (QED) is 0.846. The smallest absolute Gasteiger partial charge is 0.328 e. The number of thiophene rings is 1. The number of hydrogen-bond donors (Lipinski definition) is 2. The van der Waals surface area contributed by atoms with Crippen molar-refractivity contribution < 1.29 is 0 Å². The number of rotatable bonds is 3. The Morgan fingerprint density at radius 3 is 2.71 bits per heavy atom. The van der Waals surface area contributed by atoms with Crippen molar-refractivity contribution in [3.05, 3.63) is 48.9 Å². The Morgan fingerprint density at radius 1 is 1.35 bits per heavy atom. The summed E-state index contributed by atoms with van der Waals surface area (Å²) in [7, 11) is 0. The summed E-state index contributed by atoms with van der Waals surface area (Å²) in [6.45, 7) is 2.52. The summed E-state index contributed by atoms with van der Waals surface area (Å²) in [6.07, 6.45) is 2.36. The van der Waals surface area contributed by atoms with Crippen LogP contribution >= 0.6 is 11.3 Å². The molecule has 0 saturated heterocycles. The van der Waals surface area contributed by atoms with Crippen LogP contribution in [0, 0.1) is 0 Å². The molecule has 17 heavy (non-hydrogen) atoms. The number of nitrogens with zero attached hydrogens (tertiary/aromatic N) is 1. The predicted molar refractivity (Wildman–Crippen MR) is 68.5 cm³/mol. The lowest BCUT2D eigenvalue weighted by Gasteiger charge is -2.03. The molecule has 2 rings (SSSR count). The van der Waals surface area contributed by atoms with Crippen molar-refractivity contribution >= 4 is 17.0 Å². The highest BCUT2D eigenvalue weighted by molar-refractivity contribution is 7.11. The highest BCUT2D eigenvalue weighted by atomic mass is 32.1. The number of aromatic nitrogens is 2. The van der Waals surface area contributed by atoms with E-state index in [0.29, 0.717) is 6.54 Å². The highest BCUT2D eigenvalue weighted by Gasteiger charge is 2.04. The van der Waals surface area contributed by atoms with Crippen molar-refractivity contribution in [2.24, 2.45) is 0 Å². The van der Waals surface area contributed by atoms with Gasteiger partial charge in [-0.3, -0.25) is 14.3 Å². The van der Waals surface area contributed by atoms with Crippen LogP contribution in [0.4, 0.5) is 5.69 Å². The molecule has 0 radical (unpaired) electrons. The number of nitrogens with two attached hydrogens (primary N) is 1. The van der Waals surface area contributed by atoms with E-state index in [4.69, 9.17) is 5.73 Å². The van der Waals surface area contributed by atoms with Crippen molar-refractivity contribution in [3.8, 4) is 0 Å². The molecule has 0 bridgehead atoms. The van der Waals surface area contributed by atoms with Gasteiger partial charge in [0.25, 0.3) is 5.56 Å². The first-order valence-electron chi connectivity index (χ1n) is 5.27. The zero-order chi connectivity index (χ0) is 12.4. The molecule has 0 unspecified atom stereocenters. The molecular formula is C11H13N3O2S. The van der Waals surface area contributed by atoms with E-state index in [1.807, 2.05) is 12.1 Å². The van der Waals surface area contributed by atoms with Crippen molar-refractivity contribution in [2.75, 3.05) is 5.73 Å². The topological polar surface area (TPSA) is 80.9 Å². The maximum Gasteiger partial charge on any atom is 0.328 e. The largest absolute Gasteiger partial charge is 0.393 e. The summed E-state index contributed by atoms with van der Waals surface area (Å²) in [5.41, 5.74) is 4.56. The third-order valence-electron chi connectivity index (χ3n) is 2.43. The van der Waals surface area contributed by atoms with Crippen LogP contribution in [0.1, 0.15) is 16.7 Å². The summed E-state index contributed by atoms with van der Waals surface area (Å²) in [5.74, 6) is 0. The van der Waals surface area contributed by atoms with Crippen LogP contribution < -0.4 is 17.0 Å². The molecule has 0 amide bonds. The van der Waals surface area contributed by atoms with Gasteiger partial charge < -0.3 is 5.73 Å². The number of nitrogen functional groups attached to an aromatic ring is 1. The number of nitrogens with one attached hydrogen (secondary N) is 1. The molecule has 0 fully saturated rings. The molecule has 0 spiro atoms. The molecular weight excluding hydrogens is 238 g/mol. The zero-order valence-corrected chi connectivity index (χ0v) is 10.2. The third-order valence-corrected chi connectivity index (χ3v) is 3.64. The Labute approximate surface area is 102 Å². The van der Waals surface area contributed by atoms with E-state index >= 15 is 0 Å². The van der Waals surface area contributed by atoms with Gasteiger partial charge in [-0.15, -0.1) is 11.3 Å². The number of aromatic amines is 1. The summed E-state index contributed by atoms with van der Waals surface area (Å²) in [6, 6.07) is 4.03. The van der Waals surface area contributed by atoms with Gasteiger partial charge in [0, 0.05) is 16.0 Å². The van der Waals surface area contributed by atoms with Crippen LogP contribution in [0.25, 0.3) is 0 Å². The van der Waals surface area contributed by atoms with E-state index in [0.717, 1.165) is 11.3 Å². The van der Waals surface area contributed by atoms with Crippen molar-refractivity contribution in [1.29, 1.82) is 0 Å². The van der Waals surface area contributed by atoms with Crippen LogP contribution in [0.3, 0.4) is 0 Å². The van der Waals surface area contributed by atoms with E-state index in [1.165, 1.54) is 15.6 Å². The minimum absolute atomic E-state index is 0.0527. The number of hydrogen-bond acceptors (Lipinski definition) is 4. The molecule has 3 N–H and O–H groups in total. The Kier molecular flexibility index (Phi) is 3.14. The maximum atomic E-state index is 11.5. The standard InChI is InChI=1S/C11H13N3O2S/c1-2-7-3-4-8(17-7)5-14-6-9(12)10(15)13-11(14)16/h3-4,6H,2,5,12H2,1H3,(H,13,15,16). The second-order valence-electron chi connectivity index (χ2n) is 3.69. The van der Waals surface area contributed by atoms with E-state index in [-0.39, 0.29) is 5.69 Å². The van der Waals surface area contributed by atoms with Gasteiger partial charge in [-0.05, 0) is 18.6 Å². The minimum Gasteiger partial charge on any atom is -0.393 e. The average Bonchev–Trinajstić information content (AvgIpc) is 2.73. The number of anilines is 1. The van der Waals surface area contributed by atoms with Crippen molar-refractivity contribution in [2.45, 2.75) is 19.9 Å². The van der Waals surface area contributed by atoms with Crippen molar-refractivity contribution in [3.63, 3.8) is 0 Å². The normalized spacial score (nSPS) is 10.6. The number of H-pyrrole nitrogens is 1. The van der Waals surface area contributed by atoms with Gasteiger partial charge in [0.2, 0.25) is 0 Å². The highest BCUT2D eigenvalue weighted by Crippen LogP contribution is 2.17. The Bertz CT molecular complexity index is 639. The summed E-state index contributed by atoms with van der Waals surface area (Å²) in [5, 5.41) is 0. The molecule has 6 heteroatoms. The lowest BCUT2D eigenvalue weighted by atomic mass is 10.3. The van der Waals surface area contributed by atoms with Crippen molar-refractivity contribution in [1.82, 2.24) is 9.55 Å². The first kappa shape index (κ1) is 11.7. The molecule has 0 aromatic carbocycles. The lowest BCUT2D eigenvalue weighted by molar-refractivity contribution is 0.732. The molecule has 2 aromatic rings. The molecule has 0 aliphatic carbocycles. The predicted octanol–water partition coefficient (Wildman–Crippen LogP) is 0.791. The van der Waals surface area contributed by atoms with E-state index < -0.39 is 11.2 Å². The Balaban J connectivity index is 2.33. The Morgan fingerprint density at radius 2 is 2.06 bits per heavy atom. The molecule has 90 valence electrons. The molecule has 0 aliphatic heterocycles. The van der Waals surface area contributed by atoms with Gasteiger partial charge in [-0.2, -0.15) is 0 Å². The molecule has 0 atom stereocenters. The fraction of sp³-hybridized carbons (Fsp3) is 0.273. The lowest BCUT2D eigenvalue weighted by Crippen LogP contribution is -2.31. The SMILES string of the molecule is CCc1ccc(Cn2cc(N)c(=O)[nH]c2=O)s1.